The molecule has 1 aliphatic carbocycles. The smallest absolute Gasteiger partial charge is 0.316 e. The van der Waals surface area contributed by atoms with Crippen molar-refractivity contribution in [1.29, 1.82) is 0 Å². The molecule has 0 amide bonds. The van der Waals surface area contributed by atoms with Crippen molar-refractivity contribution in [1.82, 2.24) is 0 Å². The predicted octanol–water partition coefficient (Wildman–Crippen LogP) is 4.06. The number of hydrogen-bond acceptors (Lipinski definition) is 5. The first kappa shape index (κ1) is 18.2. The van der Waals surface area contributed by atoms with E-state index in [0.29, 0.717) is 12.0 Å². The lowest BCUT2D eigenvalue weighted by Crippen LogP contribution is -2.39. The minimum absolute atomic E-state index is 0.190. The summed E-state index contributed by atoms with van der Waals surface area (Å²) in [5, 5.41) is 6.78. The van der Waals surface area contributed by atoms with Crippen LogP contribution in [0.15, 0.2) is 59.8 Å². The third-order valence-electron chi connectivity index (χ3n) is 5.43. The van der Waals surface area contributed by atoms with Crippen molar-refractivity contribution in [2.75, 3.05) is 17.7 Å². The van der Waals surface area contributed by atoms with Gasteiger partial charge in [0.2, 0.25) is 0 Å². The number of carbonyl (C=O) groups excluding carboxylic acids is 2. The van der Waals surface area contributed by atoms with Crippen LogP contribution < -0.4 is 10.6 Å². The molecule has 1 aliphatic heterocycles. The first-order valence-corrected chi connectivity index (χ1v) is 9.22. The summed E-state index contributed by atoms with van der Waals surface area (Å²) in [6.07, 6.45) is 0.536. The first-order chi connectivity index (χ1) is 13.5. The Morgan fingerprint density at radius 1 is 1.11 bits per heavy atom. The lowest BCUT2D eigenvalue weighted by molar-refractivity contribution is -0.151. The Hall–Kier alpha value is -3.15. The van der Waals surface area contributed by atoms with Crippen LogP contribution in [0.3, 0.4) is 0 Å². The Morgan fingerprint density at radius 3 is 2.46 bits per heavy atom. The number of Topliss-reactive ketones (excluding diaryl/α,β-unsaturated/α-hetero) is 1. The molecule has 0 aromatic heterocycles. The molecule has 0 radical (unpaired) electrons. The van der Waals surface area contributed by atoms with E-state index in [1.54, 1.807) is 12.1 Å². The minimum atomic E-state index is -0.850. The predicted molar refractivity (Wildman–Crippen MR) is 104 cm³/mol. The van der Waals surface area contributed by atoms with Crippen molar-refractivity contribution in [3.63, 3.8) is 0 Å². The van der Waals surface area contributed by atoms with Gasteiger partial charge in [-0.15, -0.1) is 0 Å². The van der Waals surface area contributed by atoms with Gasteiger partial charge >= 0.3 is 5.97 Å². The zero-order valence-corrected chi connectivity index (χ0v) is 15.7. The summed E-state index contributed by atoms with van der Waals surface area (Å²) in [4.78, 5) is 25.7. The molecular formula is C22H21FN2O3. The van der Waals surface area contributed by atoms with Crippen LogP contribution in [0.5, 0.6) is 0 Å². The fourth-order valence-corrected chi connectivity index (χ4v) is 4.04. The number of anilines is 2. The van der Waals surface area contributed by atoms with Crippen molar-refractivity contribution < 1.29 is 18.7 Å². The van der Waals surface area contributed by atoms with Crippen LogP contribution >= 0.6 is 0 Å². The molecule has 2 aromatic rings. The normalized spacial score (nSPS) is 23.7. The quantitative estimate of drug-likeness (QED) is 0.608. The highest BCUT2D eigenvalue weighted by Crippen LogP contribution is 2.43. The van der Waals surface area contributed by atoms with Gasteiger partial charge in [-0.25, -0.2) is 4.39 Å². The van der Waals surface area contributed by atoms with Gasteiger partial charge in [0.25, 0.3) is 0 Å². The second-order valence-corrected chi connectivity index (χ2v) is 7.24. The Morgan fingerprint density at radius 2 is 1.79 bits per heavy atom. The molecular weight excluding hydrogens is 359 g/mol. The third-order valence-corrected chi connectivity index (χ3v) is 5.43. The zero-order valence-electron chi connectivity index (χ0n) is 15.7. The van der Waals surface area contributed by atoms with Crippen LogP contribution in [-0.4, -0.2) is 18.9 Å². The number of carbonyl (C=O) groups is 2. The number of rotatable bonds is 2. The Kier molecular flexibility index (Phi) is 4.63. The van der Waals surface area contributed by atoms with Gasteiger partial charge in [-0.2, -0.15) is 0 Å². The van der Waals surface area contributed by atoms with E-state index in [1.807, 2.05) is 31.2 Å². The number of para-hydroxylation sites is 2. The van der Waals surface area contributed by atoms with E-state index in [2.05, 4.69) is 10.6 Å². The number of ether oxygens (including phenoxy) is 1. The summed E-state index contributed by atoms with van der Waals surface area (Å²) in [6, 6.07) is 13.2. The van der Waals surface area contributed by atoms with Crippen LogP contribution in [0.4, 0.5) is 15.8 Å². The van der Waals surface area contributed by atoms with Crippen LogP contribution in [0.1, 0.15) is 24.9 Å². The SMILES string of the molecule is COC(=O)[C@H]1C(=O)C2=C(C[C@@H]1C)Nc1ccccc1N[C@H]2c1ccc(F)cc1. The van der Waals surface area contributed by atoms with Gasteiger partial charge in [0.15, 0.2) is 5.78 Å². The molecule has 3 atom stereocenters. The fraction of sp³-hybridized carbons (Fsp3) is 0.273. The zero-order chi connectivity index (χ0) is 19.8. The number of benzene rings is 2. The molecule has 0 fully saturated rings. The van der Waals surface area contributed by atoms with Crippen LogP contribution in [0, 0.1) is 17.7 Å². The lowest BCUT2D eigenvalue weighted by atomic mass is 9.75. The summed E-state index contributed by atoms with van der Waals surface area (Å²) in [7, 11) is 1.29. The van der Waals surface area contributed by atoms with Gasteiger partial charge in [0, 0.05) is 11.3 Å². The maximum absolute atomic E-state index is 13.5. The van der Waals surface area contributed by atoms with Crippen LogP contribution in [0.2, 0.25) is 0 Å². The second kappa shape index (κ2) is 7.11. The molecule has 2 aliphatic rings. The number of ketones is 1. The molecule has 5 nitrogen and oxygen atoms in total. The maximum Gasteiger partial charge on any atom is 0.316 e. The van der Waals surface area contributed by atoms with E-state index < -0.39 is 17.9 Å². The molecule has 1 heterocycles. The largest absolute Gasteiger partial charge is 0.468 e. The van der Waals surface area contributed by atoms with Gasteiger partial charge in [-0.1, -0.05) is 31.2 Å². The molecule has 144 valence electrons. The van der Waals surface area contributed by atoms with Crippen molar-refractivity contribution in [3.05, 3.63) is 71.2 Å². The molecule has 0 bridgehead atoms. The van der Waals surface area contributed by atoms with Gasteiger partial charge in [-0.05, 0) is 42.2 Å². The molecule has 2 N–H and O–H groups in total. The summed E-state index contributed by atoms with van der Waals surface area (Å²) < 4.78 is 18.4. The summed E-state index contributed by atoms with van der Waals surface area (Å²) in [5.41, 5.74) is 3.72. The highest BCUT2D eigenvalue weighted by Gasteiger charge is 2.44. The van der Waals surface area contributed by atoms with Crippen LogP contribution in [-0.2, 0) is 14.3 Å². The number of fused-ring (bicyclic) bond motifs is 1. The number of hydrogen-bond donors (Lipinski definition) is 2. The molecule has 0 spiro atoms. The molecule has 2 aromatic carbocycles. The van der Waals surface area contributed by atoms with Gasteiger partial charge in [-0.3, -0.25) is 9.59 Å². The number of allylic oxidation sites excluding steroid dienone is 1. The molecule has 6 heteroatoms. The Bertz CT molecular complexity index is 968. The highest BCUT2D eigenvalue weighted by atomic mass is 19.1. The summed E-state index contributed by atoms with van der Waals surface area (Å²) in [6.45, 7) is 1.88. The van der Waals surface area contributed by atoms with E-state index in [4.69, 9.17) is 4.74 Å². The number of nitrogens with one attached hydrogen (secondary N) is 2. The van der Waals surface area contributed by atoms with Gasteiger partial charge in [0.1, 0.15) is 11.7 Å². The third kappa shape index (κ3) is 3.05. The Labute approximate surface area is 162 Å². The monoisotopic (exact) mass is 380 g/mol. The average Bonchev–Trinajstić information content (AvgIpc) is 2.85. The van der Waals surface area contributed by atoms with Gasteiger partial charge in [0.05, 0.1) is 24.5 Å². The van der Waals surface area contributed by atoms with Gasteiger partial charge < -0.3 is 15.4 Å². The molecule has 4 rings (SSSR count). The van der Waals surface area contributed by atoms with Crippen LogP contribution in [0.25, 0.3) is 0 Å². The molecule has 0 unspecified atom stereocenters. The molecule has 28 heavy (non-hydrogen) atoms. The van der Waals surface area contributed by atoms with E-state index in [-0.39, 0.29) is 17.5 Å². The standard InChI is InChI=1S/C22H21FN2O3/c1-12-11-17-19(21(26)18(12)22(27)28-2)20(13-7-9-14(23)10-8-13)25-16-6-4-3-5-15(16)24-17/h3-10,12,18,20,24-25H,11H2,1-2H3/t12-,18+,20-/m0/s1. The molecule has 0 saturated heterocycles. The Balaban J connectivity index is 1.87. The lowest BCUT2D eigenvalue weighted by Gasteiger charge is -2.32. The van der Waals surface area contributed by atoms with E-state index in [1.165, 1.54) is 19.2 Å². The van der Waals surface area contributed by atoms with Crippen molar-refractivity contribution in [2.45, 2.75) is 19.4 Å². The average molecular weight is 380 g/mol. The number of methoxy groups -OCH3 is 1. The van der Waals surface area contributed by atoms with E-state index in [0.717, 1.165) is 22.6 Å². The number of esters is 1. The van der Waals surface area contributed by atoms with Crippen molar-refractivity contribution >= 4 is 23.1 Å². The summed E-state index contributed by atoms with van der Waals surface area (Å²) >= 11 is 0. The topological polar surface area (TPSA) is 67.4 Å². The van der Waals surface area contributed by atoms with Crippen molar-refractivity contribution in [3.8, 4) is 0 Å². The summed E-state index contributed by atoms with van der Waals surface area (Å²) in [5.74, 6) is -2.17. The fourth-order valence-electron chi connectivity index (χ4n) is 4.04. The highest BCUT2D eigenvalue weighted by molar-refractivity contribution is 6.11. The molecule has 0 saturated carbocycles. The number of halogens is 1. The van der Waals surface area contributed by atoms with Crippen molar-refractivity contribution in [2.24, 2.45) is 11.8 Å². The minimum Gasteiger partial charge on any atom is -0.468 e. The maximum atomic E-state index is 13.5. The van der Waals surface area contributed by atoms with E-state index in [9.17, 15) is 14.0 Å². The van der Waals surface area contributed by atoms with E-state index >= 15 is 0 Å². The first-order valence-electron chi connectivity index (χ1n) is 9.22. The second-order valence-electron chi connectivity index (χ2n) is 7.24.